The van der Waals surface area contributed by atoms with E-state index in [0.717, 1.165) is 12.0 Å². The molecule has 2 aromatic rings. The van der Waals surface area contributed by atoms with Crippen molar-refractivity contribution in [2.24, 2.45) is 5.92 Å². The molecule has 0 aromatic heterocycles. The van der Waals surface area contributed by atoms with Gasteiger partial charge in [-0.15, -0.1) is 0 Å². The van der Waals surface area contributed by atoms with Gasteiger partial charge in [-0.05, 0) is 24.0 Å². The molecule has 0 bridgehead atoms. The predicted octanol–water partition coefficient (Wildman–Crippen LogP) is 3.10. The van der Waals surface area contributed by atoms with Crippen LogP contribution in [0.1, 0.15) is 37.0 Å². The van der Waals surface area contributed by atoms with Crippen molar-refractivity contribution in [1.29, 1.82) is 0 Å². The zero-order valence-electron chi connectivity index (χ0n) is 13.5. The van der Waals surface area contributed by atoms with E-state index >= 15 is 0 Å². The van der Waals surface area contributed by atoms with Crippen LogP contribution in [0.15, 0.2) is 60.7 Å². The lowest BCUT2D eigenvalue weighted by Gasteiger charge is -2.26. The Morgan fingerprint density at radius 3 is 1.96 bits per heavy atom. The summed E-state index contributed by atoms with van der Waals surface area (Å²) in [5.41, 5.74) is 1.97. The molecule has 3 N–H and O–H groups in total. The molecule has 0 fully saturated rings. The summed E-state index contributed by atoms with van der Waals surface area (Å²) in [6.45, 7) is 1.83. The van der Waals surface area contributed by atoms with E-state index in [1.807, 2.05) is 67.6 Å². The Hall–Kier alpha value is -1.68. The summed E-state index contributed by atoms with van der Waals surface area (Å²) in [7, 11) is 0. The summed E-state index contributed by atoms with van der Waals surface area (Å²) in [5.74, 6) is -0.280. The Morgan fingerprint density at radius 2 is 1.35 bits per heavy atom. The molecule has 0 radical (unpaired) electrons. The lowest BCUT2D eigenvalue weighted by Crippen LogP contribution is -2.31. The molecule has 0 spiro atoms. The SMILES string of the molecule is CC(C(O)CCc1ccccc1)C(O)CC(O)c1ccccc1. The molecule has 0 aliphatic carbocycles. The van der Waals surface area contributed by atoms with E-state index in [1.165, 1.54) is 5.56 Å². The standard InChI is InChI=1S/C20H26O3/c1-15(18(21)13-12-16-8-4-2-5-9-16)19(22)14-20(23)17-10-6-3-7-11-17/h2-11,15,18-23H,12-14H2,1H3. The Balaban J connectivity index is 1.82. The average molecular weight is 314 g/mol. The minimum absolute atomic E-state index is 0.230. The topological polar surface area (TPSA) is 60.7 Å². The van der Waals surface area contributed by atoms with Crippen molar-refractivity contribution >= 4 is 0 Å². The lowest BCUT2D eigenvalue weighted by atomic mass is 9.89. The van der Waals surface area contributed by atoms with Crippen molar-refractivity contribution in [1.82, 2.24) is 0 Å². The molecule has 124 valence electrons. The van der Waals surface area contributed by atoms with Gasteiger partial charge in [-0.1, -0.05) is 67.6 Å². The van der Waals surface area contributed by atoms with Gasteiger partial charge in [0.2, 0.25) is 0 Å². The first-order valence-corrected chi connectivity index (χ1v) is 8.21. The van der Waals surface area contributed by atoms with Gasteiger partial charge >= 0.3 is 0 Å². The van der Waals surface area contributed by atoms with Gasteiger partial charge in [-0.25, -0.2) is 0 Å². The Bertz CT molecular complexity index is 556. The summed E-state index contributed by atoms with van der Waals surface area (Å²) in [4.78, 5) is 0. The molecule has 0 saturated carbocycles. The van der Waals surface area contributed by atoms with E-state index in [9.17, 15) is 15.3 Å². The van der Waals surface area contributed by atoms with Crippen molar-refractivity contribution in [3.63, 3.8) is 0 Å². The first kappa shape index (κ1) is 17.7. The van der Waals surface area contributed by atoms with Gasteiger partial charge in [0.25, 0.3) is 0 Å². The first-order chi connectivity index (χ1) is 11.1. The molecular weight excluding hydrogens is 288 g/mol. The van der Waals surface area contributed by atoms with E-state index in [4.69, 9.17) is 0 Å². The van der Waals surface area contributed by atoms with Gasteiger partial charge < -0.3 is 15.3 Å². The third-order valence-corrected chi connectivity index (χ3v) is 4.43. The zero-order chi connectivity index (χ0) is 16.7. The summed E-state index contributed by atoms with van der Waals surface area (Å²) in [5, 5.41) is 30.8. The van der Waals surface area contributed by atoms with Gasteiger partial charge in [0.15, 0.2) is 0 Å². The van der Waals surface area contributed by atoms with E-state index in [-0.39, 0.29) is 12.3 Å². The maximum absolute atomic E-state index is 10.3. The number of hydrogen-bond donors (Lipinski definition) is 3. The lowest BCUT2D eigenvalue weighted by molar-refractivity contribution is -0.00912. The molecule has 0 heterocycles. The van der Waals surface area contributed by atoms with Gasteiger partial charge in [-0.2, -0.15) is 0 Å². The van der Waals surface area contributed by atoms with Crippen LogP contribution in [0.4, 0.5) is 0 Å². The first-order valence-electron chi connectivity index (χ1n) is 8.21. The summed E-state index contributed by atoms with van der Waals surface area (Å²) in [6, 6.07) is 19.3. The predicted molar refractivity (Wildman–Crippen MR) is 92.0 cm³/mol. The molecule has 0 aliphatic rings. The molecular formula is C20H26O3. The highest BCUT2D eigenvalue weighted by Crippen LogP contribution is 2.24. The normalized spacial score (nSPS) is 16.5. The van der Waals surface area contributed by atoms with Crippen molar-refractivity contribution in [2.75, 3.05) is 0 Å². The smallest absolute Gasteiger partial charge is 0.0814 e. The summed E-state index contributed by atoms with van der Waals surface area (Å²) >= 11 is 0. The molecule has 4 atom stereocenters. The highest BCUT2D eigenvalue weighted by Gasteiger charge is 2.25. The Morgan fingerprint density at radius 1 is 0.783 bits per heavy atom. The molecule has 2 aromatic carbocycles. The minimum atomic E-state index is -0.740. The molecule has 23 heavy (non-hydrogen) atoms. The second kappa shape index (κ2) is 8.82. The number of aliphatic hydroxyl groups is 3. The van der Waals surface area contributed by atoms with Crippen LogP contribution < -0.4 is 0 Å². The second-order valence-electron chi connectivity index (χ2n) is 6.18. The van der Waals surface area contributed by atoms with Crippen molar-refractivity contribution in [3.8, 4) is 0 Å². The van der Waals surface area contributed by atoms with Gasteiger partial charge in [0.05, 0.1) is 18.3 Å². The fraction of sp³-hybridized carbons (Fsp3) is 0.400. The number of aryl methyl sites for hydroxylation is 1. The maximum atomic E-state index is 10.3. The maximum Gasteiger partial charge on any atom is 0.0814 e. The van der Waals surface area contributed by atoms with Crippen molar-refractivity contribution < 1.29 is 15.3 Å². The van der Waals surface area contributed by atoms with Crippen LogP contribution >= 0.6 is 0 Å². The molecule has 0 saturated heterocycles. The van der Waals surface area contributed by atoms with Crippen LogP contribution in [-0.4, -0.2) is 27.5 Å². The molecule has 3 nitrogen and oxygen atoms in total. The average Bonchev–Trinajstić information content (AvgIpc) is 2.60. The van der Waals surface area contributed by atoms with E-state index < -0.39 is 18.3 Å². The van der Waals surface area contributed by atoms with E-state index in [0.29, 0.717) is 6.42 Å². The quantitative estimate of drug-likeness (QED) is 0.701. The van der Waals surface area contributed by atoms with E-state index in [2.05, 4.69) is 0 Å². The van der Waals surface area contributed by atoms with Crippen LogP contribution in [-0.2, 0) is 6.42 Å². The number of aliphatic hydroxyl groups excluding tert-OH is 3. The van der Waals surface area contributed by atoms with Gasteiger partial charge in [0.1, 0.15) is 0 Å². The van der Waals surface area contributed by atoms with Crippen molar-refractivity contribution in [3.05, 3.63) is 71.8 Å². The summed E-state index contributed by atoms with van der Waals surface area (Å²) in [6.07, 6.45) is -0.434. The second-order valence-corrected chi connectivity index (χ2v) is 6.18. The van der Waals surface area contributed by atoms with E-state index in [1.54, 1.807) is 0 Å². The number of rotatable bonds is 8. The monoisotopic (exact) mass is 314 g/mol. The third-order valence-electron chi connectivity index (χ3n) is 4.43. The van der Waals surface area contributed by atoms with Gasteiger partial charge in [-0.3, -0.25) is 0 Å². The number of hydrogen-bond acceptors (Lipinski definition) is 3. The molecule has 0 aliphatic heterocycles. The molecule has 2 rings (SSSR count). The molecule has 0 amide bonds. The summed E-state index contributed by atoms with van der Waals surface area (Å²) < 4.78 is 0. The van der Waals surface area contributed by atoms with Crippen molar-refractivity contribution in [2.45, 2.75) is 44.5 Å². The highest BCUT2D eigenvalue weighted by atomic mass is 16.3. The minimum Gasteiger partial charge on any atom is -0.393 e. The zero-order valence-corrected chi connectivity index (χ0v) is 13.5. The Labute approximate surface area is 138 Å². The largest absolute Gasteiger partial charge is 0.393 e. The van der Waals surface area contributed by atoms with Crippen LogP contribution in [0.3, 0.4) is 0 Å². The fourth-order valence-electron chi connectivity index (χ4n) is 2.73. The van der Waals surface area contributed by atoms with Crippen LogP contribution in [0, 0.1) is 5.92 Å². The fourth-order valence-corrected chi connectivity index (χ4v) is 2.73. The van der Waals surface area contributed by atoms with Crippen LogP contribution in [0.5, 0.6) is 0 Å². The number of benzene rings is 2. The Kier molecular flexibility index (Phi) is 6.78. The van der Waals surface area contributed by atoms with Crippen LogP contribution in [0.2, 0.25) is 0 Å². The third kappa shape index (κ3) is 5.47. The molecule has 3 heteroatoms. The molecule has 4 unspecified atom stereocenters. The van der Waals surface area contributed by atoms with Crippen LogP contribution in [0.25, 0.3) is 0 Å². The van der Waals surface area contributed by atoms with Gasteiger partial charge in [0, 0.05) is 12.3 Å². The highest BCUT2D eigenvalue weighted by molar-refractivity contribution is 5.17.